The average molecular weight is 274 g/mol. The van der Waals surface area contributed by atoms with Crippen molar-refractivity contribution in [2.24, 2.45) is 5.73 Å². The highest BCUT2D eigenvalue weighted by atomic mass is 79.9. The Hall–Kier alpha value is -1.01. The van der Waals surface area contributed by atoms with Crippen molar-refractivity contribution in [2.75, 3.05) is 11.4 Å². The van der Waals surface area contributed by atoms with Crippen LogP contribution in [0.15, 0.2) is 16.7 Å². The van der Waals surface area contributed by atoms with Crippen molar-refractivity contribution in [1.82, 2.24) is 4.98 Å². The molecule has 1 fully saturated rings. The summed E-state index contributed by atoms with van der Waals surface area (Å²) in [5.74, 6) is -0.237. The van der Waals surface area contributed by atoms with Gasteiger partial charge in [0.25, 0.3) is 0 Å². The summed E-state index contributed by atoms with van der Waals surface area (Å²) in [5.41, 5.74) is 5.63. The van der Waals surface area contributed by atoms with Gasteiger partial charge in [-0.1, -0.05) is 0 Å². The number of carbonyl (C=O) groups excluding carboxylic acids is 1. The van der Waals surface area contributed by atoms with Gasteiger partial charge in [-0.3, -0.25) is 9.69 Å². The Morgan fingerprint density at radius 1 is 1.67 bits per heavy atom. The summed E-state index contributed by atoms with van der Waals surface area (Å²) >= 11 is 3.00. The number of aromatic nitrogens is 1. The average Bonchev–Trinajstić information content (AvgIpc) is 2.50. The molecular weight excluding hydrogens is 265 g/mol. The molecule has 1 aliphatic heterocycles. The van der Waals surface area contributed by atoms with Gasteiger partial charge < -0.3 is 5.73 Å². The largest absolute Gasteiger partial charge is 0.326 e. The molecule has 4 nitrogen and oxygen atoms in total. The lowest BCUT2D eigenvalue weighted by Gasteiger charge is -2.14. The maximum absolute atomic E-state index is 13.2. The second-order valence-electron chi connectivity index (χ2n) is 3.43. The first-order chi connectivity index (χ1) is 7.08. The number of amides is 1. The number of hydrogen-bond donors (Lipinski definition) is 1. The zero-order chi connectivity index (χ0) is 11.0. The van der Waals surface area contributed by atoms with Gasteiger partial charge in [0.2, 0.25) is 5.91 Å². The van der Waals surface area contributed by atoms with Crippen LogP contribution in [-0.2, 0) is 4.79 Å². The molecule has 2 heterocycles. The number of nitrogens with two attached hydrogens (primary N) is 1. The minimum Gasteiger partial charge on any atom is -0.326 e. The summed E-state index contributed by atoms with van der Waals surface area (Å²) in [6.07, 6.45) is 1.63. The molecule has 1 aromatic heterocycles. The third kappa shape index (κ3) is 2.00. The van der Waals surface area contributed by atoms with Crippen LogP contribution >= 0.6 is 15.9 Å². The van der Waals surface area contributed by atoms with Crippen molar-refractivity contribution in [1.29, 1.82) is 0 Å². The number of rotatable bonds is 1. The molecule has 1 atom stereocenters. The summed E-state index contributed by atoms with van der Waals surface area (Å²) in [4.78, 5) is 16.8. The quantitative estimate of drug-likeness (QED) is 0.832. The smallest absolute Gasteiger partial charge is 0.229 e. The van der Waals surface area contributed by atoms with Gasteiger partial charge >= 0.3 is 0 Å². The molecule has 15 heavy (non-hydrogen) atoms. The Kier molecular flexibility index (Phi) is 2.70. The Morgan fingerprint density at radius 3 is 2.93 bits per heavy atom. The molecule has 0 spiro atoms. The lowest BCUT2D eigenvalue weighted by molar-refractivity contribution is -0.117. The summed E-state index contributed by atoms with van der Waals surface area (Å²) < 4.78 is 13.5. The predicted molar refractivity (Wildman–Crippen MR) is 56.8 cm³/mol. The highest BCUT2D eigenvalue weighted by molar-refractivity contribution is 9.10. The number of carbonyl (C=O) groups is 1. The van der Waals surface area contributed by atoms with Crippen molar-refractivity contribution in [3.05, 3.63) is 22.6 Å². The molecule has 0 radical (unpaired) electrons. The monoisotopic (exact) mass is 273 g/mol. The molecule has 1 aliphatic rings. The van der Waals surface area contributed by atoms with Gasteiger partial charge in [-0.05, 0) is 15.9 Å². The zero-order valence-corrected chi connectivity index (χ0v) is 9.37. The fourth-order valence-corrected chi connectivity index (χ4v) is 1.73. The Labute approximate surface area is 94.4 Å². The maximum Gasteiger partial charge on any atom is 0.229 e. The van der Waals surface area contributed by atoms with Crippen LogP contribution in [0, 0.1) is 5.82 Å². The second kappa shape index (κ2) is 3.86. The molecule has 0 aliphatic carbocycles. The number of pyridine rings is 1. The molecule has 2 rings (SSSR count). The lowest BCUT2D eigenvalue weighted by Crippen LogP contribution is -2.28. The van der Waals surface area contributed by atoms with Crippen molar-refractivity contribution >= 4 is 27.7 Å². The molecule has 0 aromatic carbocycles. The number of hydrogen-bond acceptors (Lipinski definition) is 3. The normalized spacial score (nSPS) is 21.1. The van der Waals surface area contributed by atoms with Crippen LogP contribution in [0.4, 0.5) is 10.2 Å². The molecule has 0 bridgehead atoms. The van der Waals surface area contributed by atoms with Crippen LogP contribution in [0.5, 0.6) is 0 Å². The first-order valence-corrected chi connectivity index (χ1v) is 5.24. The molecule has 6 heteroatoms. The van der Waals surface area contributed by atoms with Crippen molar-refractivity contribution in [3.8, 4) is 0 Å². The summed E-state index contributed by atoms with van der Waals surface area (Å²) in [7, 11) is 0. The molecule has 80 valence electrons. The van der Waals surface area contributed by atoms with E-state index in [0.717, 1.165) is 0 Å². The Morgan fingerprint density at radius 2 is 2.40 bits per heavy atom. The van der Waals surface area contributed by atoms with Crippen LogP contribution < -0.4 is 10.6 Å². The molecule has 1 saturated heterocycles. The first-order valence-electron chi connectivity index (χ1n) is 4.45. The Bertz CT molecular complexity index is 412. The van der Waals surface area contributed by atoms with Crippen molar-refractivity contribution in [3.63, 3.8) is 0 Å². The SMILES string of the molecule is NC1CC(=O)N(c2cc(F)c(Br)cn2)C1. The summed E-state index contributed by atoms with van der Waals surface area (Å²) in [6, 6.07) is 1.03. The minimum absolute atomic E-state index is 0.114. The van der Waals surface area contributed by atoms with E-state index >= 15 is 0 Å². The van der Waals surface area contributed by atoms with Crippen LogP contribution in [0.1, 0.15) is 6.42 Å². The zero-order valence-electron chi connectivity index (χ0n) is 7.78. The lowest BCUT2D eigenvalue weighted by atomic mass is 10.3. The van der Waals surface area contributed by atoms with Gasteiger partial charge in [0.15, 0.2) is 0 Å². The van der Waals surface area contributed by atoms with E-state index in [4.69, 9.17) is 5.73 Å². The van der Waals surface area contributed by atoms with E-state index in [-0.39, 0.29) is 16.4 Å². The molecule has 1 amide bonds. The Balaban J connectivity index is 2.30. The topological polar surface area (TPSA) is 59.2 Å². The minimum atomic E-state index is -0.437. The molecule has 2 N–H and O–H groups in total. The third-order valence-corrected chi connectivity index (χ3v) is 2.81. The van der Waals surface area contributed by atoms with Crippen LogP contribution in [-0.4, -0.2) is 23.5 Å². The van der Waals surface area contributed by atoms with E-state index in [9.17, 15) is 9.18 Å². The highest BCUT2D eigenvalue weighted by Crippen LogP contribution is 2.22. The van der Waals surface area contributed by atoms with E-state index in [1.54, 1.807) is 0 Å². The van der Waals surface area contributed by atoms with E-state index in [1.165, 1.54) is 17.2 Å². The second-order valence-corrected chi connectivity index (χ2v) is 4.28. The third-order valence-electron chi connectivity index (χ3n) is 2.23. The predicted octanol–water partition coefficient (Wildman–Crippen LogP) is 1.05. The van der Waals surface area contributed by atoms with Crippen LogP contribution in [0.2, 0.25) is 0 Å². The molecule has 0 saturated carbocycles. The first kappa shape index (κ1) is 10.5. The van der Waals surface area contributed by atoms with Gasteiger partial charge in [0.1, 0.15) is 11.6 Å². The van der Waals surface area contributed by atoms with E-state index in [0.29, 0.717) is 18.8 Å². The fourth-order valence-electron chi connectivity index (χ4n) is 1.51. The number of halogens is 2. The standard InChI is InChI=1S/C9H9BrFN3O/c10-6-3-13-8(2-7(6)11)14-4-5(12)1-9(14)15/h2-3,5H,1,4,12H2. The van der Waals surface area contributed by atoms with Gasteiger partial charge in [-0.15, -0.1) is 0 Å². The molecular formula is C9H9BrFN3O. The summed E-state index contributed by atoms with van der Waals surface area (Å²) in [5, 5.41) is 0. The number of nitrogens with zero attached hydrogens (tertiary/aromatic N) is 2. The van der Waals surface area contributed by atoms with Crippen LogP contribution in [0.3, 0.4) is 0 Å². The fraction of sp³-hybridized carbons (Fsp3) is 0.333. The van der Waals surface area contributed by atoms with E-state index in [1.807, 2.05) is 0 Å². The van der Waals surface area contributed by atoms with Gasteiger partial charge in [-0.25, -0.2) is 9.37 Å². The highest BCUT2D eigenvalue weighted by Gasteiger charge is 2.29. The molecule has 1 aromatic rings. The van der Waals surface area contributed by atoms with Crippen LogP contribution in [0.25, 0.3) is 0 Å². The van der Waals surface area contributed by atoms with E-state index in [2.05, 4.69) is 20.9 Å². The van der Waals surface area contributed by atoms with Gasteiger partial charge in [0.05, 0.1) is 4.47 Å². The van der Waals surface area contributed by atoms with Crippen molar-refractivity contribution < 1.29 is 9.18 Å². The van der Waals surface area contributed by atoms with Gasteiger partial charge in [0, 0.05) is 31.3 Å². The van der Waals surface area contributed by atoms with E-state index < -0.39 is 5.82 Å². The van der Waals surface area contributed by atoms with Crippen molar-refractivity contribution in [2.45, 2.75) is 12.5 Å². The number of anilines is 1. The maximum atomic E-state index is 13.2. The van der Waals surface area contributed by atoms with Gasteiger partial charge in [-0.2, -0.15) is 0 Å². The molecule has 1 unspecified atom stereocenters. The summed E-state index contributed by atoms with van der Waals surface area (Å²) in [6.45, 7) is 0.396.